The van der Waals surface area contributed by atoms with Crippen molar-refractivity contribution in [2.24, 2.45) is 5.10 Å². The first-order valence-electron chi connectivity index (χ1n) is 8.55. The van der Waals surface area contributed by atoms with Gasteiger partial charge < -0.3 is 5.11 Å². The number of nitro benzene ring substituents is 1. The van der Waals surface area contributed by atoms with Crippen LogP contribution in [0.4, 0.5) is 5.69 Å². The van der Waals surface area contributed by atoms with E-state index in [2.05, 4.69) is 26.0 Å². The zero-order chi connectivity index (χ0) is 20.4. The molecule has 144 valence electrons. The fourth-order valence-corrected chi connectivity index (χ4v) is 3.02. The lowest BCUT2D eigenvalue weighted by molar-refractivity contribution is -0.384. The van der Waals surface area contributed by atoms with E-state index in [9.17, 15) is 20.0 Å². The number of benzene rings is 2. The van der Waals surface area contributed by atoms with Gasteiger partial charge in [0.1, 0.15) is 11.6 Å². The summed E-state index contributed by atoms with van der Waals surface area (Å²) >= 11 is 3.35. The molecule has 0 amide bonds. The van der Waals surface area contributed by atoms with Crippen molar-refractivity contribution < 1.29 is 10.0 Å². The highest BCUT2D eigenvalue weighted by Gasteiger charge is 2.16. The Labute approximate surface area is 168 Å². The second-order valence-electron chi connectivity index (χ2n) is 6.30. The zero-order valence-corrected chi connectivity index (χ0v) is 16.8. The number of rotatable bonds is 5. The van der Waals surface area contributed by atoms with Gasteiger partial charge in [0.15, 0.2) is 0 Å². The Morgan fingerprint density at radius 1 is 1.36 bits per heavy atom. The van der Waals surface area contributed by atoms with E-state index >= 15 is 0 Å². The standard InChI is InChI=1S/C19H17BrN4O4/c1-3-11(2)18-22-16-6-4-13(20)9-15(16)19(26)23(18)21-10-12-8-14(24(27)28)5-7-17(12)25/h4-11,25H,3H2,1-2H3/t11-/m1/s1. The molecule has 1 heterocycles. The van der Waals surface area contributed by atoms with Crippen LogP contribution in [0.2, 0.25) is 0 Å². The zero-order valence-electron chi connectivity index (χ0n) is 15.2. The Morgan fingerprint density at radius 3 is 2.79 bits per heavy atom. The molecular weight excluding hydrogens is 428 g/mol. The SMILES string of the molecule is CC[C@@H](C)c1nc2ccc(Br)cc2c(=O)n1N=Cc1cc([N+](=O)[O-])ccc1O. The van der Waals surface area contributed by atoms with Crippen molar-refractivity contribution in [3.8, 4) is 5.75 Å². The minimum atomic E-state index is -0.567. The summed E-state index contributed by atoms with van der Waals surface area (Å²) in [5, 5.41) is 25.5. The molecule has 0 fully saturated rings. The fraction of sp³-hybridized carbons (Fsp3) is 0.211. The van der Waals surface area contributed by atoms with Crippen LogP contribution in [0.25, 0.3) is 10.9 Å². The first-order chi connectivity index (χ1) is 13.3. The van der Waals surface area contributed by atoms with Crippen molar-refractivity contribution in [2.75, 3.05) is 0 Å². The number of aromatic nitrogens is 2. The molecule has 0 spiro atoms. The summed E-state index contributed by atoms with van der Waals surface area (Å²) in [4.78, 5) is 28.0. The van der Waals surface area contributed by atoms with Crippen LogP contribution in [-0.4, -0.2) is 25.9 Å². The first kappa shape index (κ1) is 19.7. The summed E-state index contributed by atoms with van der Waals surface area (Å²) in [6.07, 6.45) is 1.97. The van der Waals surface area contributed by atoms with Crippen LogP contribution in [0.3, 0.4) is 0 Å². The topological polar surface area (TPSA) is 111 Å². The lowest BCUT2D eigenvalue weighted by Crippen LogP contribution is -2.23. The van der Waals surface area contributed by atoms with Crippen molar-refractivity contribution >= 4 is 38.7 Å². The first-order valence-corrected chi connectivity index (χ1v) is 9.35. The van der Waals surface area contributed by atoms with Gasteiger partial charge >= 0.3 is 0 Å². The van der Waals surface area contributed by atoms with E-state index in [-0.39, 0.29) is 28.5 Å². The van der Waals surface area contributed by atoms with Crippen LogP contribution in [0, 0.1) is 10.1 Å². The largest absolute Gasteiger partial charge is 0.507 e. The molecule has 1 atom stereocenters. The number of phenols is 1. The lowest BCUT2D eigenvalue weighted by atomic mass is 10.1. The fourth-order valence-electron chi connectivity index (χ4n) is 2.66. The monoisotopic (exact) mass is 444 g/mol. The van der Waals surface area contributed by atoms with Crippen LogP contribution in [0.1, 0.15) is 37.6 Å². The maximum atomic E-state index is 13.0. The van der Waals surface area contributed by atoms with Crippen molar-refractivity contribution in [3.05, 3.63) is 72.7 Å². The minimum absolute atomic E-state index is 0.0448. The van der Waals surface area contributed by atoms with Gasteiger partial charge in [-0.25, -0.2) is 4.98 Å². The molecule has 0 saturated carbocycles. The third-order valence-electron chi connectivity index (χ3n) is 4.42. The summed E-state index contributed by atoms with van der Waals surface area (Å²) in [5.41, 5.74) is 0.149. The third-order valence-corrected chi connectivity index (χ3v) is 4.91. The van der Waals surface area contributed by atoms with E-state index in [4.69, 9.17) is 0 Å². The molecule has 0 aliphatic rings. The van der Waals surface area contributed by atoms with Gasteiger partial charge in [-0.1, -0.05) is 29.8 Å². The Bertz CT molecular complexity index is 1160. The number of hydrogen-bond donors (Lipinski definition) is 1. The predicted octanol–water partition coefficient (Wildman–Crippen LogP) is 4.17. The van der Waals surface area contributed by atoms with E-state index in [1.807, 2.05) is 19.9 Å². The van der Waals surface area contributed by atoms with Crippen LogP contribution in [-0.2, 0) is 0 Å². The predicted molar refractivity (Wildman–Crippen MR) is 110 cm³/mol. The van der Waals surface area contributed by atoms with Crippen molar-refractivity contribution in [1.29, 1.82) is 0 Å². The maximum absolute atomic E-state index is 13.0. The Balaban J connectivity index is 2.20. The number of fused-ring (bicyclic) bond motifs is 1. The molecule has 9 heteroatoms. The summed E-state index contributed by atoms with van der Waals surface area (Å²) < 4.78 is 1.92. The van der Waals surface area contributed by atoms with Gasteiger partial charge in [-0.15, -0.1) is 0 Å². The molecule has 1 N–H and O–H groups in total. The van der Waals surface area contributed by atoms with Gasteiger partial charge in [0.2, 0.25) is 0 Å². The molecule has 28 heavy (non-hydrogen) atoms. The van der Waals surface area contributed by atoms with Crippen LogP contribution in [0.15, 0.2) is 50.8 Å². The minimum Gasteiger partial charge on any atom is -0.507 e. The van der Waals surface area contributed by atoms with Gasteiger partial charge in [-0.05, 0) is 30.7 Å². The third kappa shape index (κ3) is 3.79. The highest BCUT2D eigenvalue weighted by molar-refractivity contribution is 9.10. The number of non-ortho nitro benzene ring substituents is 1. The molecule has 0 unspecified atom stereocenters. The molecule has 2 aromatic carbocycles. The summed E-state index contributed by atoms with van der Waals surface area (Å²) in [7, 11) is 0. The highest BCUT2D eigenvalue weighted by atomic mass is 79.9. The number of aromatic hydroxyl groups is 1. The summed E-state index contributed by atoms with van der Waals surface area (Å²) in [6, 6.07) is 8.84. The van der Waals surface area contributed by atoms with E-state index in [0.29, 0.717) is 16.7 Å². The van der Waals surface area contributed by atoms with Crippen molar-refractivity contribution in [2.45, 2.75) is 26.2 Å². The van der Waals surface area contributed by atoms with Crippen LogP contribution < -0.4 is 5.56 Å². The van der Waals surface area contributed by atoms with Crippen LogP contribution in [0.5, 0.6) is 5.75 Å². The van der Waals surface area contributed by atoms with Crippen LogP contribution >= 0.6 is 15.9 Å². The van der Waals surface area contributed by atoms with Crippen molar-refractivity contribution in [1.82, 2.24) is 9.66 Å². The second-order valence-corrected chi connectivity index (χ2v) is 7.22. The van der Waals surface area contributed by atoms with E-state index in [1.54, 1.807) is 12.1 Å². The normalized spacial score (nSPS) is 12.5. The average Bonchev–Trinajstić information content (AvgIpc) is 2.67. The number of nitro groups is 1. The summed E-state index contributed by atoms with van der Waals surface area (Å²) in [5.74, 6) is 0.254. The molecule has 0 radical (unpaired) electrons. The number of nitrogens with zero attached hydrogens (tertiary/aromatic N) is 4. The van der Waals surface area contributed by atoms with Gasteiger partial charge in [-0.3, -0.25) is 14.9 Å². The van der Waals surface area contributed by atoms with Crippen molar-refractivity contribution in [3.63, 3.8) is 0 Å². The molecule has 0 bridgehead atoms. The molecule has 0 aliphatic carbocycles. The molecule has 1 aromatic heterocycles. The Kier molecular flexibility index (Phi) is 5.55. The number of phenolic OH excluding ortho intramolecular Hbond substituents is 1. The second kappa shape index (κ2) is 7.89. The molecule has 0 aliphatic heterocycles. The molecule has 3 aromatic rings. The van der Waals surface area contributed by atoms with Gasteiger partial charge in [0.05, 0.1) is 22.0 Å². The van der Waals surface area contributed by atoms with E-state index in [1.165, 1.54) is 29.1 Å². The molecule has 8 nitrogen and oxygen atoms in total. The van der Waals surface area contributed by atoms with E-state index < -0.39 is 4.92 Å². The molecular formula is C19H17BrN4O4. The lowest BCUT2D eigenvalue weighted by Gasteiger charge is -2.14. The smallest absolute Gasteiger partial charge is 0.282 e. The summed E-state index contributed by atoms with van der Waals surface area (Å²) in [6.45, 7) is 3.91. The Morgan fingerprint density at radius 2 is 2.11 bits per heavy atom. The molecule has 0 saturated heterocycles. The number of hydrogen-bond acceptors (Lipinski definition) is 6. The highest BCUT2D eigenvalue weighted by Crippen LogP contribution is 2.23. The van der Waals surface area contributed by atoms with Gasteiger partial charge in [0.25, 0.3) is 11.2 Å². The molecule has 3 rings (SSSR count). The Hall–Kier alpha value is -3.07. The average molecular weight is 445 g/mol. The maximum Gasteiger partial charge on any atom is 0.282 e. The van der Waals surface area contributed by atoms with Gasteiger partial charge in [-0.2, -0.15) is 9.78 Å². The van der Waals surface area contributed by atoms with Gasteiger partial charge in [0, 0.05) is 28.1 Å². The quantitative estimate of drug-likeness (QED) is 0.360. The van der Waals surface area contributed by atoms with E-state index in [0.717, 1.165) is 10.9 Å². The number of halogens is 1.